The Morgan fingerprint density at radius 2 is 2.05 bits per heavy atom. The summed E-state index contributed by atoms with van der Waals surface area (Å²) < 4.78 is 1.12. The molecule has 0 saturated heterocycles. The number of thiophene rings is 1. The average molecular weight is 367 g/mol. The minimum atomic E-state index is 0.337. The quantitative estimate of drug-likeness (QED) is 0.785. The molecule has 0 fully saturated rings. The zero-order valence-electron chi connectivity index (χ0n) is 13.1. The molecule has 0 amide bonds. The van der Waals surface area contributed by atoms with Gasteiger partial charge in [-0.15, -0.1) is 11.3 Å². The van der Waals surface area contributed by atoms with Gasteiger partial charge in [0.1, 0.15) is 0 Å². The van der Waals surface area contributed by atoms with Crippen molar-refractivity contribution in [3.05, 3.63) is 50.6 Å². The Morgan fingerprint density at radius 1 is 1.29 bits per heavy atom. The van der Waals surface area contributed by atoms with Gasteiger partial charge in [0.2, 0.25) is 0 Å². The van der Waals surface area contributed by atoms with Crippen LogP contribution in [0.5, 0.6) is 0 Å². The summed E-state index contributed by atoms with van der Waals surface area (Å²) in [4.78, 5) is 3.82. The molecular formula is C17H23BrN2S. The summed E-state index contributed by atoms with van der Waals surface area (Å²) in [6.07, 6.45) is 1.08. The third-order valence-corrected chi connectivity index (χ3v) is 5.40. The number of nitrogens with one attached hydrogen (secondary N) is 1. The van der Waals surface area contributed by atoms with E-state index in [4.69, 9.17) is 0 Å². The summed E-state index contributed by atoms with van der Waals surface area (Å²) >= 11 is 5.43. The highest BCUT2D eigenvalue weighted by Crippen LogP contribution is 2.30. The van der Waals surface area contributed by atoms with Crippen molar-refractivity contribution in [1.82, 2.24) is 5.32 Å². The lowest BCUT2D eigenvalue weighted by molar-refractivity contribution is 0.636. The first-order valence-electron chi connectivity index (χ1n) is 7.25. The first-order chi connectivity index (χ1) is 10.0. The van der Waals surface area contributed by atoms with Crippen molar-refractivity contribution < 1.29 is 0 Å². The van der Waals surface area contributed by atoms with E-state index in [1.54, 1.807) is 0 Å². The van der Waals surface area contributed by atoms with Crippen molar-refractivity contribution >= 4 is 33.0 Å². The minimum absolute atomic E-state index is 0.337. The lowest BCUT2D eigenvalue weighted by Crippen LogP contribution is -2.32. The largest absolute Gasteiger partial charge is 0.371 e. The number of anilines is 1. The van der Waals surface area contributed by atoms with E-state index in [9.17, 15) is 0 Å². The average Bonchev–Trinajstić information content (AvgIpc) is 2.98. The van der Waals surface area contributed by atoms with Gasteiger partial charge in [0.15, 0.2) is 0 Å². The predicted molar refractivity (Wildman–Crippen MR) is 97.5 cm³/mol. The molecule has 114 valence electrons. The Kier molecular flexibility index (Phi) is 5.85. The van der Waals surface area contributed by atoms with Crippen LogP contribution in [0.4, 0.5) is 5.69 Å². The molecule has 0 saturated carbocycles. The third kappa shape index (κ3) is 4.09. The number of nitrogens with zero attached hydrogens (tertiary/aromatic N) is 1. The molecule has 1 aromatic carbocycles. The van der Waals surface area contributed by atoms with Gasteiger partial charge in [0.05, 0.1) is 0 Å². The second kappa shape index (κ2) is 7.43. The first-order valence-corrected chi connectivity index (χ1v) is 8.92. The molecule has 0 aliphatic heterocycles. The lowest BCUT2D eigenvalue weighted by Gasteiger charge is -2.30. The monoisotopic (exact) mass is 366 g/mol. The standard InChI is InChI=1S/C17H23BrN2S/c1-12(10-15-6-5-9-21-15)20(4)17-11-14(18)7-8-16(17)13(2)19-3/h5-9,11-13,19H,10H2,1-4H3. The molecule has 0 radical (unpaired) electrons. The Balaban J connectivity index is 2.24. The Bertz CT molecular complexity index is 568. The van der Waals surface area contributed by atoms with Crippen molar-refractivity contribution in [1.29, 1.82) is 0 Å². The maximum atomic E-state index is 3.60. The maximum absolute atomic E-state index is 3.60. The van der Waals surface area contributed by atoms with Gasteiger partial charge in [-0.3, -0.25) is 0 Å². The summed E-state index contributed by atoms with van der Waals surface area (Å²) in [7, 11) is 4.19. The van der Waals surface area contributed by atoms with E-state index in [1.165, 1.54) is 16.1 Å². The van der Waals surface area contributed by atoms with Crippen molar-refractivity contribution in [3.63, 3.8) is 0 Å². The molecule has 4 heteroatoms. The van der Waals surface area contributed by atoms with Gasteiger partial charge in [-0.2, -0.15) is 0 Å². The van der Waals surface area contributed by atoms with Crippen LogP contribution in [0.1, 0.15) is 30.3 Å². The molecule has 1 heterocycles. The lowest BCUT2D eigenvalue weighted by atomic mass is 10.0. The number of rotatable bonds is 6. The van der Waals surface area contributed by atoms with Crippen LogP contribution < -0.4 is 10.2 Å². The van der Waals surface area contributed by atoms with Gasteiger partial charge < -0.3 is 10.2 Å². The summed E-state index contributed by atoms with van der Waals surface area (Å²) in [6.45, 7) is 4.49. The highest BCUT2D eigenvalue weighted by atomic mass is 79.9. The van der Waals surface area contributed by atoms with Crippen molar-refractivity contribution in [2.45, 2.75) is 32.4 Å². The molecule has 0 aliphatic carbocycles. The second-order valence-electron chi connectivity index (χ2n) is 5.46. The Labute approximate surface area is 140 Å². The van der Waals surface area contributed by atoms with E-state index in [-0.39, 0.29) is 0 Å². The second-order valence-corrected chi connectivity index (χ2v) is 7.40. The summed E-state index contributed by atoms with van der Waals surface area (Å²) in [6, 6.07) is 11.7. The van der Waals surface area contributed by atoms with Crippen molar-refractivity contribution in [2.24, 2.45) is 0 Å². The smallest absolute Gasteiger partial charge is 0.0425 e. The van der Waals surface area contributed by atoms with E-state index in [1.807, 2.05) is 18.4 Å². The molecule has 21 heavy (non-hydrogen) atoms. The summed E-state index contributed by atoms with van der Waals surface area (Å²) in [5, 5.41) is 5.49. The van der Waals surface area contributed by atoms with Gasteiger partial charge >= 0.3 is 0 Å². The summed E-state index contributed by atoms with van der Waals surface area (Å²) in [5.41, 5.74) is 2.62. The predicted octanol–water partition coefficient (Wildman–Crippen LogP) is 4.86. The Hall–Kier alpha value is -0.840. The fourth-order valence-electron chi connectivity index (χ4n) is 2.44. The Morgan fingerprint density at radius 3 is 2.67 bits per heavy atom. The van der Waals surface area contributed by atoms with E-state index in [0.29, 0.717) is 12.1 Å². The molecule has 1 N–H and O–H groups in total. The molecule has 2 unspecified atom stereocenters. The van der Waals surface area contributed by atoms with E-state index >= 15 is 0 Å². The number of halogens is 1. The van der Waals surface area contributed by atoms with Crippen LogP contribution in [0, 0.1) is 0 Å². The van der Waals surface area contributed by atoms with Gasteiger partial charge in [-0.1, -0.05) is 28.1 Å². The van der Waals surface area contributed by atoms with Crippen LogP contribution in [0.3, 0.4) is 0 Å². The maximum Gasteiger partial charge on any atom is 0.0425 e. The number of hydrogen-bond donors (Lipinski definition) is 1. The van der Waals surface area contributed by atoms with E-state index in [2.05, 4.69) is 82.8 Å². The first kappa shape index (κ1) is 16.5. The normalized spacial score (nSPS) is 14.0. The fraction of sp³-hybridized carbons (Fsp3) is 0.412. The highest BCUT2D eigenvalue weighted by molar-refractivity contribution is 9.10. The molecule has 2 rings (SSSR count). The van der Waals surface area contributed by atoms with Gasteiger partial charge in [-0.25, -0.2) is 0 Å². The SMILES string of the molecule is CNC(C)c1ccc(Br)cc1N(C)C(C)Cc1cccs1. The molecule has 0 bridgehead atoms. The van der Waals surface area contributed by atoms with Crippen LogP contribution in [0.15, 0.2) is 40.2 Å². The van der Waals surface area contributed by atoms with Gasteiger partial charge in [0, 0.05) is 40.6 Å². The minimum Gasteiger partial charge on any atom is -0.371 e. The van der Waals surface area contributed by atoms with Crippen LogP contribution in [-0.2, 0) is 6.42 Å². The number of hydrogen-bond acceptors (Lipinski definition) is 3. The fourth-order valence-corrected chi connectivity index (χ4v) is 3.61. The van der Waals surface area contributed by atoms with Crippen molar-refractivity contribution in [2.75, 3.05) is 19.0 Å². The number of benzene rings is 1. The van der Waals surface area contributed by atoms with Crippen LogP contribution in [0.2, 0.25) is 0 Å². The zero-order chi connectivity index (χ0) is 15.4. The molecule has 2 atom stereocenters. The van der Waals surface area contributed by atoms with Crippen LogP contribution >= 0.6 is 27.3 Å². The molecule has 2 nitrogen and oxygen atoms in total. The van der Waals surface area contributed by atoms with E-state index in [0.717, 1.165) is 10.9 Å². The zero-order valence-corrected chi connectivity index (χ0v) is 15.5. The van der Waals surface area contributed by atoms with Gasteiger partial charge in [-0.05, 0) is 50.0 Å². The van der Waals surface area contributed by atoms with Crippen LogP contribution in [0.25, 0.3) is 0 Å². The third-order valence-electron chi connectivity index (χ3n) is 4.01. The van der Waals surface area contributed by atoms with Gasteiger partial charge in [0.25, 0.3) is 0 Å². The molecule has 0 spiro atoms. The number of likely N-dealkylation sites (N-methyl/N-ethyl adjacent to an activating group) is 1. The highest BCUT2D eigenvalue weighted by Gasteiger charge is 2.17. The molecule has 1 aromatic heterocycles. The van der Waals surface area contributed by atoms with Crippen molar-refractivity contribution in [3.8, 4) is 0 Å². The molecule has 0 aliphatic rings. The van der Waals surface area contributed by atoms with E-state index < -0.39 is 0 Å². The summed E-state index contributed by atoms with van der Waals surface area (Å²) in [5.74, 6) is 0. The van der Waals surface area contributed by atoms with Crippen LogP contribution in [-0.4, -0.2) is 20.1 Å². The topological polar surface area (TPSA) is 15.3 Å². The molecular weight excluding hydrogens is 344 g/mol. The molecule has 2 aromatic rings.